The molecule has 2 N–H and O–H groups in total. The molecule has 11 heteroatoms. The summed E-state index contributed by atoms with van der Waals surface area (Å²) in [6.07, 6.45) is 1.66. The maximum absolute atomic E-state index is 11.7. The number of nitrogens with zero attached hydrogens (tertiary/aromatic N) is 2. The highest BCUT2D eigenvalue weighted by Crippen LogP contribution is 2.33. The average molecular weight is 516 g/mol. The topological polar surface area (TPSA) is 132 Å². The van der Waals surface area contributed by atoms with E-state index in [2.05, 4.69) is 15.0 Å². The first-order valence-electron chi connectivity index (χ1n) is 11.4. The molecule has 1 aliphatic rings. The van der Waals surface area contributed by atoms with Gasteiger partial charge < -0.3 is 29.0 Å². The minimum absolute atomic E-state index is 0.0326. The molecular formula is C25H29N3O7S. The summed E-state index contributed by atoms with van der Waals surface area (Å²) in [5.74, 6) is 1.86. The predicted molar refractivity (Wildman–Crippen MR) is 134 cm³/mol. The standard InChI is InChI=1S/C25H29N3O7S/c1-15(13-32-3)34-19-9-17(21-6-7-22(27-21)25-28-23(14-33-25)16(2)29)10-20(11-19)35-18-5-8-24(26-12-18)36(4,30)31/h5-12,15-16,23,27,29H,13-14H2,1-4H3/t15-,16-,23-/m0/s1. The van der Waals surface area contributed by atoms with Gasteiger partial charge in [0.2, 0.25) is 5.90 Å². The van der Waals surface area contributed by atoms with Gasteiger partial charge in [-0.3, -0.25) is 0 Å². The van der Waals surface area contributed by atoms with E-state index in [9.17, 15) is 13.5 Å². The van der Waals surface area contributed by atoms with Crippen molar-refractivity contribution in [3.8, 4) is 28.5 Å². The fraction of sp³-hybridized carbons (Fsp3) is 0.360. The van der Waals surface area contributed by atoms with E-state index in [1.165, 1.54) is 12.3 Å². The van der Waals surface area contributed by atoms with Gasteiger partial charge in [-0.15, -0.1) is 0 Å². The van der Waals surface area contributed by atoms with E-state index in [0.29, 0.717) is 42.1 Å². The molecule has 0 saturated carbocycles. The molecule has 1 aliphatic heterocycles. The molecule has 1 aromatic carbocycles. The molecule has 3 heterocycles. The van der Waals surface area contributed by atoms with Gasteiger partial charge in [-0.2, -0.15) is 0 Å². The number of H-pyrrole nitrogens is 1. The van der Waals surface area contributed by atoms with Crippen LogP contribution in [0.25, 0.3) is 11.3 Å². The molecule has 3 atom stereocenters. The highest BCUT2D eigenvalue weighted by Gasteiger charge is 2.25. The summed E-state index contributed by atoms with van der Waals surface area (Å²) in [5.41, 5.74) is 2.25. The van der Waals surface area contributed by atoms with Crippen molar-refractivity contribution in [2.75, 3.05) is 26.6 Å². The van der Waals surface area contributed by atoms with Crippen LogP contribution in [0.1, 0.15) is 19.5 Å². The average Bonchev–Trinajstić information content (AvgIpc) is 3.49. The van der Waals surface area contributed by atoms with Crippen LogP contribution in [-0.2, 0) is 19.3 Å². The van der Waals surface area contributed by atoms with E-state index in [0.717, 1.165) is 17.5 Å². The number of ether oxygens (including phenoxy) is 4. The second kappa shape index (κ2) is 10.7. The molecule has 2 aromatic heterocycles. The van der Waals surface area contributed by atoms with Crippen LogP contribution in [0, 0.1) is 0 Å². The van der Waals surface area contributed by atoms with E-state index < -0.39 is 15.9 Å². The largest absolute Gasteiger partial charge is 0.488 e. The zero-order valence-corrected chi connectivity index (χ0v) is 21.3. The molecule has 0 fully saturated rings. The molecule has 10 nitrogen and oxygen atoms in total. The van der Waals surface area contributed by atoms with Crippen LogP contribution in [-0.4, -0.2) is 74.2 Å². The lowest BCUT2D eigenvalue weighted by Crippen LogP contribution is -2.21. The van der Waals surface area contributed by atoms with Crippen molar-refractivity contribution < 1.29 is 32.5 Å². The third kappa shape index (κ3) is 6.23. The number of aromatic amines is 1. The molecule has 0 aliphatic carbocycles. The maximum atomic E-state index is 11.7. The van der Waals surface area contributed by atoms with Gasteiger partial charge in [0.1, 0.15) is 41.7 Å². The quantitative estimate of drug-likeness (QED) is 0.421. The Kier molecular flexibility index (Phi) is 7.62. The van der Waals surface area contributed by atoms with Crippen LogP contribution < -0.4 is 9.47 Å². The van der Waals surface area contributed by atoms with E-state index in [4.69, 9.17) is 18.9 Å². The number of rotatable bonds is 10. The van der Waals surface area contributed by atoms with Crippen molar-refractivity contribution in [2.24, 2.45) is 4.99 Å². The minimum atomic E-state index is -3.41. The lowest BCUT2D eigenvalue weighted by atomic mass is 10.1. The Morgan fingerprint density at radius 1 is 1.11 bits per heavy atom. The van der Waals surface area contributed by atoms with Gasteiger partial charge in [0.15, 0.2) is 14.9 Å². The van der Waals surface area contributed by atoms with Crippen LogP contribution in [0.2, 0.25) is 0 Å². The van der Waals surface area contributed by atoms with Gasteiger partial charge in [0, 0.05) is 30.7 Å². The molecule has 4 rings (SSSR count). The summed E-state index contributed by atoms with van der Waals surface area (Å²) in [4.78, 5) is 11.7. The molecule has 192 valence electrons. The third-order valence-electron chi connectivity index (χ3n) is 5.40. The van der Waals surface area contributed by atoms with Crippen LogP contribution in [0.3, 0.4) is 0 Å². The molecular weight excluding hydrogens is 486 g/mol. The second-order valence-corrected chi connectivity index (χ2v) is 10.6. The molecule has 0 radical (unpaired) electrons. The Morgan fingerprint density at radius 2 is 1.86 bits per heavy atom. The first-order valence-corrected chi connectivity index (χ1v) is 13.2. The first kappa shape index (κ1) is 25.7. The number of nitrogens with one attached hydrogen (secondary N) is 1. The Bertz CT molecular complexity index is 1330. The molecule has 0 unspecified atom stereocenters. The van der Waals surface area contributed by atoms with Crippen molar-refractivity contribution in [2.45, 2.75) is 37.1 Å². The number of hydrogen-bond donors (Lipinski definition) is 2. The van der Waals surface area contributed by atoms with Crippen molar-refractivity contribution in [3.05, 3.63) is 54.4 Å². The highest BCUT2D eigenvalue weighted by molar-refractivity contribution is 7.90. The van der Waals surface area contributed by atoms with Gasteiger partial charge in [0.25, 0.3) is 0 Å². The summed E-state index contributed by atoms with van der Waals surface area (Å²) in [5, 5.41) is 9.75. The van der Waals surface area contributed by atoms with Gasteiger partial charge in [-0.05, 0) is 50.2 Å². The lowest BCUT2D eigenvalue weighted by Gasteiger charge is -2.16. The fourth-order valence-electron chi connectivity index (χ4n) is 3.61. The van der Waals surface area contributed by atoms with Crippen LogP contribution in [0.5, 0.6) is 17.2 Å². The highest BCUT2D eigenvalue weighted by atomic mass is 32.2. The first-order chi connectivity index (χ1) is 17.1. The number of aliphatic imine (C=N–C) groups is 1. The zero-order valence-electron chi connectivity index (χ0n) is 20.5. The van der Waals surface area contributed by atoms with Crippen LogP contribution in [0.15, 0.2) is 58.7 Å². The monoisotopic (exact) mass is 515 g/mol. The van der Waals surface area contributed by atoms with Crippen LogP contribution in [0.4, 0.5) is 0 Å². The molecule has 0 saturated heterocycles. The number of pyridine rings is 1. The summed E-state index contributed by atoms with van der Waals surface area (Å²) < 4.78 is 46.2. The Balaban J connectivity index is 1.63. The normalized spacial score (nSPS) is 17.2. The van der Waals surface area contributed by atoms with Gasteiger partial charge >= 0.3 is 0 Å². The Labute approximate surface area is 209 Å². The summed E-state index contributed by atoms with van der Waals surface area (Å²) in [6.45, 7) is 4.31. The van der Waals surface area contributed by atoms with Gasteiger partial charge in [-0.25, -0.2) is 18.4 Å². The van der Waals surface area contributed by atoms with E-state index in [1.54, 1.807) is 26.2 Å². The van der Waals surface area contributed by atoms with Crippen LogP contribution >= 0.6 is 0 Å². The van der Waals surface area contributed by atoms with E-state index in [-0.39, 0.29) is 17.2 Å². The smallest absolute Gasteiger partial charge is 0.233 e. The third-order valence-corrected chi connectivity index (χ3v) is 6.40. The minimum Gasteiger partial charge on any atom is -0.488 e. The zero-order chi connectivity index (χ0) is 25.9. The van der Waals surface area contributed by atoms with Crippen molar-refractivity contribution in [1.29, 1.82) is 0 Å². The predicted octanol–water partition coefficient (Wildman–Crippen LogP) is 3.21. The SMILES string of the molecule is COC[C@H](C)Oc1cc(Oc2ccc(S(C)(=O)=O)nc2)cc(-c2ccc(C3=N[C@H]([C@H](C)O)CO3)[nH]2)c1. The number of sulfone groups is 1. The number of hydrogen-bond acceptors (Lipinski definition) is 9. The second-order valence-electron chi connectivity index (χ2n) is 8.62. The molecule has 3 aromatic rings. The Hall–Kier alpha value is -3.41. The Morgan fingerprint density at radius 3 is 2.50 bits per heavy atom. The maximum Gasteiger partial charge on any atom is 0.233 e. The van der Waals surface area contributed by atoms with Gasteiger partial charge in [-0.1, -0.05) is 0 Å². The summed E-state index contributed by atoms with van der Waals surface area (Å²) >= 11 is 0. The van der Waals surface area contributed by atoms with E-state index in [1.807, 2.05) is 31.2 Å². The summed E-state index contributed by atoms with van der Waals surface area (Å²) in [7, 11) is -1.80. The fourth-order valence-corrected chi connectivity index (χ4v) is 4.17. The number of aliphatic hydroxyl groups is 1. The number of benzene rings is 1. The molecule has 0 amide bonds. The molecule has 36 heavy (non-hydrogen) atoms. The van der Waals surface area contributed by atoms with Crippen molar-refractivity contribution >= 4 is 15.7 Å². The van der Waals surface area contributed by atoms with Gasteiger partial charge in [0.05, 0.1) is 18.9 Å². The number of aromatic nitrogens is 2. The van der Waals surface area contributed by atoms with Crippen molar-refractivity contribution in [1.82, 2.24) is 9.97 Å². The number of aliphatic hydroxyl groups excluding tert-OH is 1. The van der Waals surface area contributed by atoms with Crippen molar-refractivity contribution in [3.63, 3.8) is 0 Å². The molecule has 0 bridgehead atoms. The van der Waals surface area contributed by atoms with E-state index >= 15 is 0 Å². The number of methoxy groups -OCH3 is 1. The summed E-state index contributed by atoms with van der Waals surface area (Å²) in [6, 6.07) is 11.8. The lowest BCUT2D eigenvalue weighted by molar-refractivity contribution is 0.0920. The molecule has 0 spiro atoms.